The van der Waals surface area contributed by atoms with Crippen LogP contribution < -0.4 is 5.73 Å². The van der Waals surface area contributed by atoms with Crippen LogP contribution in [0.2, 0.25) is 0 Å². The van der Waals surface area contributed by atoms with Crippen LogP contribution in [0.15, 0.2) is 53.9 Å². The monoisotopic (exact) mass is 564 g/mol. The van der Waals surface area contributed by atoms with Crippen LogP contribution in [0.1, 0.15) is 24.4 Å². The molecule has 5 rings (SSSR count). The molecule has 184 valence electrons. The topological polar surface area (TPSA) is 100 Å². The third-order valence-electron chi connectivity index (χ3n) is 5.58. The molecule has 1 aromatic carbocycles. The summed E-state index contributed by atoms with van der Waals surface area (Å²) in [6.07, 6.45) is 1.75. The Morgan fingerprint density at radius 1 is 1.03 bits per heavy atom. The molecule has 0 spiro atoms. The molecule has 0 radical (unpaired) electrons. The van der Waals surface area contributed by atoms with Crippen molar-refractivity contribution in [2.45, 2.75) is 19.1 Å². The second kappa shape index (κ2) is 8.62. The van der Waals surface area contributed by atoms with E-state index < -0.39 is 29.7 Å². The summed E-state index contributed by atoms with van der Waals surface area (Å²) in [7, 11) is 0. The molecular formula is C22H14BrF5N8. The molecule has 5 aromatic rings. The van der Waals surface area contributed by atoms with Crippen molar-refractivity contribution >= 4 is 32.8 Å². The predicted molar refractivity (Wildman–Crippen MR) is 123 cm³/mol. The van der Waals surface area contributed by atoms with Gasteiger partial charge in [0.2, 0.25) is 5.82 Å². The van der Waals surface area contributed by atoms with Crippen LogP contribution in [0.3, 0.4) is 0 Å². The van der Waals surface area contributed by atoms with Crippen LogP contribution in [0, 0.1) is 11.6 Å². The van der Waals surface area contributed by atoms with Crippen molar-refractivity contribution < 1.29 is 22.0 Å². The van der Waals surface area contributed by atoms with Gasteiger partial charge in [0, 0.05) is 41.3 Å². The van der Waals surface area contributed by atoms with E-state index in [0.29, 0.717) is 26.8 Å². The highest BCUT2D eigenvalue weighted by Crippen LogP contribution is 2.42. The number of rotatable bonds is 4. The Hall–Kier alpha value is -3.94. The summed E-state index contributed by atoms with van der Waals surface area (Å²) in [5.41, 5.74) is 7.86. The summed E-state index contributed by atoms with van der Waals surface area (Å²) in [6.45, 7) is 1.82. The Kier molecular flexibility index (Phi) is 5.70. The number of fused-ring (bicyclic) bond motifs is 1. The van der Waals surface area contributed by atoms with Gasteiger partial charge in [-0.3, -0.25) is 0 Å². The van der Waals surface area contributed by atoms with Crippen molar-refractivity contribution in [1.82, 2.24) is 34.3 Å². The summed E-state index contributed by atoms with van der Waals surface area (Å²) in [5, 5.41) is 4.58. The molecule has 1 unspecified atom stereocenters. The minimum Gasteiger partial charge on any atom is -0.383 e. The Balaban J connectivity index is 1.63. The van der Waals surface area contributed by atoms with Crippen molar-refractivity contribution in [3.8, 4) is 16.8 Å². The van der Waals surface area contributed by atoms with Gasteiger partial charge >= 0.3 is 6.18 Å². The highest BCUT2D eigenvalue weighted by atomic mass is 79.9. The van der Waals surface area contributed by atoms with Crippen LogP contribution in [0.25, 0.3) is 27.8 Å². The van der Waals surface area contributed by atoms with E-state index in [1.54, 1.807) is 10.8 Å². The average Bonchev–Trinajstić information content (AvgIpc) is 3.42. The van der Waals surface area contributed by atoms with Crippen molar-refractivity contribution in [2.24, 2.45) is 0 Å². The molecule has 4 heterocycles. The fourth-order valence-corrected chi connectivity index (χ4v) is 4.75. The van der Waals surface area contributed by atoms with Crippen LogP contribution in [0.5, 0.6) is 0 Å². The third-order valence-corrected chi connectivity index (χ3v) is 6.35. The van der Waals surface area contributed by atoms with Gasteiger partial charge in [-0.05, 0) is 35.0 Å². The summed E-state index contributed by atoms with van der Waals surface area (Å²) in [6, 6.07) is 2.69. The lowest BCUT2D eigenvalue weighted by molar-refractivity contribution is -0.144. The van der Waals surface area contributed by atoms with Gasteiger partial charge < -0.3 is 10.3 Å². The van der Waals surface area contributed by atoms with E-state index in [2.05, 4.69) is 41.0 Å². The molecule has 0 saturated carbocycles. The molecule has 2 N–H and O–H groups in total. The molecule has 4 aromatic heterocycles. The summed E-state index contributed by atoms with van der Waals surface area (Å²) in [4.78, 5) is 15.2. The van der Waals surface area contributed by atoms with E-state index in [9.17, 15) is 22.0 Å². The number of nitrogens with zero attached hydrogens (tertiary/aromatic N) is 7. The lowest BCUT2D eigenvalue weighted by Gasteiger charge is -2.15. The van der Waals surface area contributed by atoms with Crippen molar-refractivity contribution in [3.63, 3.8) is 0 Å². The molecule has 8 nitrogen and oxygen atoms in total. The van der Waals surface area contributed by atoms with Crippen LogP contribution >= 0.6 is 15.9 Å². The van der Waals surface area contributed by atoms with E-state index in [1.165, 1.54) is 23.3 Å². The lowest BCUT2D eigenvalue weighted by atomic mass is 10.1. The Labute approximate surface area is 207 Å². The van der Waals surface area contributed by atoms with Gasteiger partial charge in [-0.15, -0.1) is 0 Å². The highest BCUT2D eigenvalue weighted by Gasteiger charge is 2.34. The molecule has 0 saturated heterocycles. The van der Waals surface area contributed by atoms with Gasteiger partial charge in [0.1, 0.15) is 29.3 Å². The van der Waals surface area contributed by atoms with Crippen molar-refractivity contribution in [3.05, 3.63) is 76.9 Å². The molecule has 0 bridgehead atoms. The molecule has 0 amide bonds. The second-order valence-electron chi connectivity index (χ2n) is 7.78. The first kappa shape index (κ1) is 23.8. The number of alkyl halides is 3. The summed E-state index contributed by atoms with van der Waals surface area (Å²) < 4.78 is 69.9. The van der Waals surface area contributed by atoms with Gasteiger partial charge in [-0.2, -0.15) is 18.3 Å². The smallest absolute Gasteiger partial charge is 0.383 e. The van der Waals surface area contributed by atoms with Crippen LogP contribution in [0.4, 0.5) is 27.8 Å². The Morgan fingerprint density at radius 2 is 1.75 bits per heavy atom. The molecule has 14 heteroatoms. The fraction of sp³-hybridized carbons (Fsp3) is 0.136. The largest absolute Gasteiger partial charge is 0.451 e. The molecule has 0 aliphatic heterocycles. The van der Waals surface area contributed by atoms with E-state index in [4.69, 9.17) is 5.73 Å². The molecule has 36 heavy (non-hydrogen) atoms. The fourth-order valence-electron chi connectivity index (χ4n) is 3.85. The van der Waals surface area contributed by atoms with Gasteiger partial charge in [0.25, 0.3) is 0 Å². The SMILES string of the molecule is CC(c1cnn(-c2ccc(F)cc2F)c1)n1c(Br)c(-c2cnc(C(F)(F)F)nc2)c2c(N)ncnc21. The maximum absolute atomic E-state index is 14.3. The lowest BCUT2D eigenvalue weighted by Crippen LogP contribution is -2.10. The molecule has 0 aliphatic rings. The zero-order valence-corrected chi connectivity index (χ0v) is 19.8. The number of halogens is 6. The first-order valence-corrected chi connectivity index (χ1v) is 11.0. The molecule has 0 aliphatic carbocycles. The van der Waals surface area contributed by atoms with Crippen LogP contribution in [-0.2, 0) is 6.18 Å². The number of benzene rings is 1. The average molecular weight is 565 g/mol. The number of nitrogen functional groups attached to an aromatic ring is 1. The number of nitrogens with two attached hydrogens (primary N) is 1. The predicted octanol–water partition coefficient (Wildman–Crippen LogP) is 5.33. The quantitative estimate of drug-likeness (QED) is 0.296. The minimum absolute atomic E-state index is 0.0560. The number of anilines is 1. The number of hydrogen-bond donors (Lipinski definition) is 1. The minimum atomic E-state index is -4.69. The highest BCUT2D eigenvalue weighted by molar-refractivity contribution is 9.10. The summed E-state index contributed by atoms with van der Waals surface area (Å²) >= 11 is 3.53. The summed E-state index contributed by atoms with van der Waals surface area (Å²) in [5.74, 6) is -2.67. The number of aromatic nitrogens is 7. The molecule has 1 atom stereocenters. The zero-order chi connectivity index (χ0) is 25.8. The maximum atomic E-state index is 14.3. The van der Waals surface area contributed by atoms with Crippen molar-refractivity contribution in [2.75, 3.05) is 5.73 Å². The first-order valence-electron chi connectivity index (χ1n) is 10.3. The van der Waals surface area contributed by atoms with Gasteiger partial charge in [-0.1, -0.05) is 0 Å². The Morgan fingerprint density at radius 3 is 2.42 bits per heavy atom. The maximum Gasteiger partial charge on any atom is 0.451 e. The van der Waals surface area contributed by atoms with Crippen LogP contribution in [-0.4, -0.2) is 34.3 Å². The standard InChI is InChI=1S/C22H14BrF5N8/c1-10(12-7-34-35(8-12)15-3-2-13(24)4-14(15)25)36-18(23)16(17-19(29)32-9-33-20(17)36)11-5-30-21(31-6-11)22(26,27)28/h2-10H,1H3,(H2,29,32,33). The molecule has 0 fully saturated rings. The zero-order valence-electron chi connectivity index (χ0n) is 18.2. The van der Waals surface area contributed by atoms with E-state index >= 15 is 0 Å². The van der Waals surface area contributed by atoms with Gasteiger partial charge in [0.05, 0.1) is 22.2 Å². The molecular weight excluding hydrogens is 551 g/mol. The van der Waals surface area contributed by atoms with E-state index in [1.807, 2.05) is 6.92 Å². The number of hydrogen-bond acceptors (Lipinski definition) is 6. The second-order valence-corrected chi connectivity index (χ2v) is 8.53. The first-order chi connectivity index (χ1) is 17.1. The third kappa shape index (κ3) is 3.96. The van der Waals surface area contributed by atoms with E-state index in [0.717, 1.165) is 24.5 Å². The van der Waals surface area contributed by atoms with Gasteiger partial charge in [0.15, 0.2) is 5.82 Å². The normalized spacial score (nSPS) is 12.9. The van der Waals surface area contributed by atoms with Crippen molar-refractivity contribution in [1.29, 1.82) is 0 Å². The van der Waals surface area contributed by atoms with E-state index in [-0.39, 0.29) is 17.1 Å². The Bertz CT molecular complexity index is 1590. The van der Waals surface area contributed by atoms with Gasteiger partial charge in [-0.25, -0.2) is 33.4 Å².